The van der Waals surface area contributed by atoms with Gasteiger partial charge in [-0.1, -0.05) is 30.3 Å². The molecule has 0 spiro atoms. The van der Waals surface area contributed by atoms with Crippen molar-refractivity contribution in [3.63, 3.8) is 0 Å². The maximum atomic E-state index is 4.68. The summed E-state index contributed by atoms with van der Waals surface area (Å²) in [7, 11) is 1.97. The number of aryl methyl sites for hydroxylation is 1. The number of aromatic nitrogens is 3. The molecule has 3 rings (SSSR count). The molecular weight excluding hydrogens is 415 g/mol. The van der Waals surface area contributed by atoms with Gasteiger partial charge in [-0.3, -0.25) is 0 Å². The van der Waals surface area contributed by atoms with E-state index in [4.69, 9.17) is 0 Å². The highest BCUT2D eigenvalue weighted by Crippen LogP contribution is 2.19. The van der Waals surface area contributed by atoms with Crippen molar-refractivity contribution in [3.05, 3.63) is 47.5 Å². The van der Waals surface area contributed by atoms with E-state index in [0.717, 1.165) is 17.6 Å². The topological polar surface area (TPSA) is 67.1 Å². The summed E-state index contributed by atoms with van der Waals surface area (Å²) < 4.78 is 1.97. The van der Waals surface area contributed by atoms with Crippen LogP contribution in [0.25, 0.3) is 0 Å². The van der Waals surface area contributed by atoms with Crippen LogP contribution in [-0.2, 0) is 13.6 Å². The predicted octanol–water partition coefficient (Wildman–Crippen LogP) is 2.70. The maximum absolute atomic E-state index is 4.68. The largest absolute Gasteiger partial charge is 0.354 e. The average molecular weight is 440 g/mol. The summed E-state index contributed by atoms with van der Waals surface area (Å²) in [5.74, 6) is 2.61. The fraction of sp³-hybridized carbons (Fsp3) is 0.471. The Morgan fingerprint density at radius 3 is 2.58 bits per heavy atom. The molecule has 1 saturated carbocycles. The number of rotatable bonds is 5. The second-order valence-electron chi connectivity index (χ2n) is 6.08. The molecule has 1 aliphatic rings. The zero-order chi connectivity index (χ0) is 16.2. The summed E-state index contributed by atoms with van der Waals surface area (Å²) in [5, 5.41) is 15.2. The van der Waals surface area contributed by atoms with Crippen molar-refractivity contribution in [2.75, 3.05) is 0 Å². The Bertz CT molecular complexity index is 678. The number of hydrogen-bond donors (Lipinski definition) is 2. The van der Waals surface area contributed by atoms with Gasteiger partial charge in [0.15, 0.2) is 11.8 Å². The van der Waals surface area contributed by atoms with Crippen molar-refractivity contribution in [2.45, 2.75) is 45.3 Å². The standard InChI is InChI=1S/C17H24N6.HI/c1-12(14-7-5-4-6-8-14)19-17(20-15-9-10-15)18-11-16-22-21-13(2)23(16)3;/h4-8,12,15H,9-11H2,1-3H3,(H2,18,19,20);1H. The van der Waals surface area contributed by atoms with E-state index in [9.17, 15) is 0 Å². The first-order valence-electron chi connectivity index (χ1n) is 8.11. The number of nitrogens with zero attached hydrogens (tertiary/aromatic N) is 4. The highest BCUT2D eigenvalue weighted by Gasteiger charge is 2.23. The van der Waals surface area contributed by atoms with E-state index >= 15 is 0 Å². The van der Waals surface area contributed by atoms with Crippen molar-refractivity contribution < 1.29 is 0 Å². The SMILES string of the molecule is Cc1nnc(CN=C(NC2CC2)NC(C)c2ccccc2)n1C.I. The first-order chi connectivity index (χ1) is 11.1. The zero-order valence-corrected chi connectivity index (χ0v) is 16.7. The summed E-state index contributed by atoms with van der Waals surface area (Å²) in [4.78, 5) is 4.68. The van der Waals surface area contributed by atoms with Gasteiger partial charge in [0.05, 0.1) is 6.04 Å². The molecular formula is C17H25IN6. The Balaban J connectivity index is 0.00000208. The van der Waals surface area contributed by atoms with Crippen molar-refractivity contribution in [1.82, 2.24) is 25.4 Å². The van der Waals surface area contributed by atoms with Gasteiger partial charge in [-0.15, -0.1) is 34.2 Å². The van der Waals surface area contributed by atoms with Crippen LogP contribution in [0.5, 0.6) is 0 Å². The molecule has 1 unspecified atom stereocenters. The lowest BCUT2D eigenvalue weighted by molar-refractivity contribution is 0.675. The lowest BCUT2D eigenvalue weighted by Gasteiger charge is -2.18. The fourth-order valence-electron chi connectivity index (χ4n) is 2.32. The fourth-order valence-corrected chi connectivity index (χ4v) is 2.32. The number of benzene rings is 1. The second-order valence-corrected chi connectivity index (χ2v) is 6.08. The third-order valence-corrected chi connectivity index (χ3v) is 4.13. The van der Waals surface area contributed by atoms with E-state index in [1.54, 1.807) is 0 Å². The van der Waals surface area contributed by atoms with E-state index in [2.05, 4.69) is 57.0 Å². The molecule has 1 heterocycles. The smallest absolute Gasteiger partial charge is 0.192 e. The van der Waals surface area contributed by atoms with Gasteiger partial charge in [-0.05, 0) is 32.3 Å². The van der Waals surface area contributed by atoms with Crippen molar-refractivity contribution in [3.8, 4) is 0 Å². The third-order valence-electron chi connectivity index (χ3n) is 4.13. The van der Waals surface area contributed by atoms with Crippen LogP contribution in [0.2, 0.25) is 0 Å². The molecule has 0 bridgehead atoms. The molecule has 0 aliphatic heterocycles. The lowest BCUT2D eigenvalue weighted by atomic mass is 10.1. The minimum atomic E-state index is 0. The quantitative estimate of drug-likeness (QED) is 0.426. The van der Waals surface area contributed by atoms with Gasteiger partial charge in [0.2, 0.25) is 0 Å². The van der Waals surface area contributed by atoms with E-state index < -0.39 is 0 Å². The molecule has 1 aliphatic carbocycles. The molecule has 1 atom stereocenters. The zero-order valence-electron chi connectivity index (χ0n) is 14.4. The molecule has 1 aromatic carbocycles. The molecule has 1 fully saturated rings. The number of halogens is 1. The Hall–Kier alpha value is -1.64. The Kier molecular flexibility index (Phi) is 6.59. The van der Waals surface area contributed by atoms with Gasteiger partial charge in [0, 0.05) is 13.1 Å². The lowest BCUT2D eigenvalue weighted by Crippen LogP contribution is -2.40. The molecule has 6 nitrogen and oxygen atoms in total. The first-order valence-corrected chi connectivity index (χ1v) is 8.11. The molecule has 7 heteroatoms. The van der Waals surface area contributed by atoms with Crippen LogP contribution in [0, 0.1) is 6.92 Å². The van der Waals surface area contributed by atoms with Crippen LogP contribution in [0.1, 0.15) is 43.0 Å². The molecule has 2 N–H and O–H groups in total. The molecule has 130 valence electrons. The van der Waals surface area contributed by atoms with Crippen LogP contribution in [0.4, 0.5) is 0 Å². The number of aliphatic imine (C=N–C) groups is 1. The summed E-state index contributed by atoms with van der Waals surface area (Å²) in [6.07, 6.45) is 2.42. The van der Waals surface area contributed by atoms with Crippen LogP contribution in [-0.4, -0.2) is 26.8 Å². The number of nitrogens with one attached hydrogen (secondary N) is 2. The van der Waals surface area contributed by atoms with Gasteiger partial charge in [-0.2, -0.15) is 0 Å². The molecule has 0 saturated heterocycles. The van der Waals surface area contributed by atoms with Gasteiger partial charge >= 0.3 is 0 Å². The predicted molar refractivity (Wildman–Crippen MR) is 106 cm³/mol. The minimum Gasteiger partial charge on any atom is -0.354 e. The van der Waals surface area contributed by atoms with E-state index in [-0.39, 0.29) is 30.0 Å². The van der Waals surface area contributed by atoms with Gasteiger partial charge in [-0.25, -0.2) is 4.99 Å². The highest BCUT2D eigenvalue weighted by molar-refractivity contribution is 14.0. The Morgan fingerprint density at radius 2 is 2.00 bits per heavy atom. The van der Waals surface area contributed by atoms with Crippen LogP contribution in [0.3, 0.4) is 0 Å². The number of hydrogen-bond acceptors (Lipinski definition) is 3. The number of guanidine groups is 1. The van der Waals surface area contributed by atoms with Gasteiger partial charge < -0.3 is 15.2 Å². The third kappa shape index (κ3) is 4.93. The van der Waals surface area contributed by atoms with E-state index in [0.29, 0.717) is 12.6 Å². The van der Waals surface area contributed by atoms with Gasteiger partial charge in [0.1, 0.15) is 12.4 Å². The van der Waals surface area contributed by atoms with Crippen molar-refractivity contribution in [1.29, 1.82) is 0 Å². The van der Waals surface area contributed by atoms with Crippen molar-refractivity contribution >= 4 is 29.9 Å². The Morgan fingerprint density at radius 1 is 1.29 bits per heavy atom. The summed E-state index contributed by atoms with van der Waals surface area (Å²) in [6.45, 7) is 4.60. The van der Waals surface area contributed by atoms with Gasteiger partial charge in [0.25, 0.3) is 0 Å². The molecule has 1 aromatic heterocycles. The van der Waals surface area contributed by atoms with Crippen LogP contribution < -0.4 is 10.6 Å². The summed E-state index contributed by atoms with van der Waals surface area (Å²) in [6, 6.07) is 11.1. The molecule has 24 heavy (non-hydrogen) atoms. The summed E-state index contributed by atoms with van der Waals surface area (Å²) in [5.41, 5.74) is 1.24. The molecule has 0 amide bonds. The maximum Gasteiger partial charge on any atom is 0.192 e. The van der Waals surface area contributed by atoms with E-state index in [1.165, 1.54) is 18.4 Å². The molecule has 0 radical (unpaired) electrons. The van der Waals surface area contributed by atoms with E-state index in [1.807, 2.05) is 24.6 Å². The van der Waals surface area contributed by atoms with Crippen molar-refractivity contribution in [2.24, 2.45) is 12.0 Å². The first kappa shape index (κ1) is 18.7. The minimum absolute atomic E-state index is 0. The normalized spacial score (nSPS) is 15.5. The monoisotopic (exact) mass is 440 g/mol. The average Bonchev–Trinajstić information content (AvgIpc) is 3.32. The summed E-state index contributed by atoms with van der Waals surface area (Å²) >= 11 is 0. The highest BCUT2D eigenvalue weighted by atomic mass is 127. The second kappa shape index (κ2) is 8.46. The van der Waals surface area contributed by atoms with Crippen LogP contribution in [0.15, 0.2) is 35.3 Å². The van der Waals surface area contributed by atoms with Crippen LogP contribution >= 0.6 is 24.0 Å². The molecule has 2 aromatic rings. The Labute approximate surface area is 160 Å².